The van der Waals surface area contributed by atoms with Crippen LogP contribution < -0.4 is 0 Å². The molecule has 4 heteroatoms. The number of hydrogen-bond donors (Lipinski definition) is 0. The van der Waals surface area contributed by atoms with Crippen LogP contribution >= 0.6 is 0 Å². The van der Waals surface area contributed by atoms with Crippen LogP contribution in [0.15, 0.2) is 9.98 Å². The van der Waals surface area contributed by atoms with Crippen LogP contribution in [-0.4, -0.2) is 24.6 Å². The van der Waals surface area contributed by atoms with Crippen LogP contribution in [0.2, 0.25) is 0 Å². The van der Waals surface area contributed by atoms with Gasteiger partial charge in [-0.25, -0.2) is 9.98 Å². The first-order valence-corrected chi connectivity index (χ1v) is 2.06. The Hall–Kier alpha value is -1.03. The van der Waals surface area contributed by atoms with Gasteiger partial charge in [-0.1, -0.05) is 0 Å². The Bertz CT molecular complexity index is 161. The average molecular weight is 111 g/mol. The SMILES string of the molecule is [O]C1N=CC=NC1=O. The number of carbonyl (C=O) groups is 1. The number of hydrogen-bond acceptors (Lipinski definition) is 2. The Kier molecular flexibility index (Phi) is 1.17. The standard InChI is InChI=1S/C4H3N2O2/c7-3-4(8)6-2-1-5-3/h1-3H. The molecule has 1 atom stereocenters. The largest absolute Gasteiger partial charge is 0.300 e. The molecule has 0 aromatic rings. The summed E-state index contributed by atoms with van der Waals surface area (Å²) in [6.45, 7) is 0. The second kappa shape index (κ2) is 1.83. The lowest BCUT2D eigenvalue weighted by molar-refractivity contribution is -0.128. The van der Waals surface area contributed by atoms with Crippen LogP contribution in [0.5, 0.6) is 0 Å². The minimum absolute atomic E-state index is 0.715. The van der Waals surface area contributed by atoms with E-state index in [1.807, 2.05) is 0 Å². The van der Waals surface area contributed by atoms with E-state index >= 15 is 0 Å². The molecule has 0 saturated carbocycles. The molecule has 1 amide bonds. The number of nitrogens with zero attached hydrogens (tertiary/aromatic N) is 2. The summed E-state index contributed by atoms with van der Waals surface area (Å²) in [7, 11) is 0. The third kappa shape index (κ3) is 0.788. The molecule has 0 aromatic carbocycles. The molecular formula is C4H3N2O2. The summed E-state index contributed by atoms with van der Waals surface area (Å²) in [5.74, 6) is -0.715. The first-order valence-electron chi connectivity index (χ1n) is 2.06. The highest BCUT2D eigenvalue weighted by Crippen LogP contribution is 1.91. The summed E-state index contributed by atoms with van der Waals surface area (Å²) in [6.07, 6.45) is 0.912. The van der Waals surface area contributed by atoms with E-state index < -0.39 is 12.1 Å². The van der Waals surface area contributed by atoms with Gasteiger partial charge in [0.2, 0.25) is 0 Å². The topological polar surface area (TPSA) is 61.7 Å². The van der Waals surface area contributed by atoms with Crippen LogP contribution in [0.4, 0.5) is 0 Å². The molecule has 1 radical (unpaired) electrons. The van der Waals surface area contributed by atoms with E-state index in [1.54, 1.807) is 0 Å². The molecule has 8 heavy (non-hydrogen) atoms. The first kappa shape index (κ1) is 5.11. The highest BCUT2D eigenvalue weighted by atomic mass is 16.3. The van der Waals surface area contributed by atoms with Crippen molar-refractivity contribution in [3.63, 3.8) is 0 Å². The molecule has 0 N–H and O–H groups in total. The summed E-state index contributed by atoms with van der Waals surface area (Å²) < 4.78 is 0. The van der Waals surface area contributed by atoms with E-state index in [2.05, 4.69) is 9.98 Å². The fraction of sp³-hybridized carbons (Fsp3) is 0.250. The van der Waals surface area contributed by atoms with Gasteiger partial charge in [-0.3, -0.25) is 4.79 Å². The summed E-state index contributed by atoms with van der Waals surface area (Å²) in [6, 6.07) is 0. The third-order valence-electron chi connectivity index (χ3n) is 0.701. The van der Waals surface area contributed by atoms with Crippen molar-refractivity contribution < 1.29 is 9.90 Å². The molecule has 0 aliphatic carbocycles. The molecule has 41 valence electrons. The Balaban J connectivity index is 2.74. The Morgan fingerprint density at radius 2 is 2.25 bits per heavy atom. The van der Waals surface area contributed by atoms with Gasteiger partial charge < -0.3 is 0 Å². The molecule has 0 saturated heterocycles. The molecule has 1 aliphatic heterocycles. The van der Waals surface area contributed by atoms with Crippen molar-refractivity contribution in [2.24, 2.45) is 9.98 Å². The van der Waals surface area contributed by atoms with Gasteiger partial charge >= 0.3 is 5.91 Å². The molecule has 1 heterocycles. The average Bonchev–Trinajstić information content (AvgIpc) is 1.77. The monoisotopic (exact) mass is 111 g/mol. The van der Waals surface area contributed by atoms with Gasteiger partial charge in [-0.2, -0.15) is 5.11 Å². The van der Waals surface area contributed by atoms with Crippen molar-refractivity contribution in [2.75, 3.05) is 0 Å². The minimum atomic E-state index is -1.51. The van der Waals surface area contributed by atoms with Gasteiger partial charge in [0.25, 0.3) is 6.23 Å². The van der Waals surface area contributed by atoms with Gasteiger partial charge in [0.05, 0.1) is 0 Å². The van der Waals surface area contributed by atoms with Crippen LogP contribution in [0.1, 0.15) is 0 Å². The minimum Gasteiger partial charge on any atom is -0.267 e. The van der Waals surface area contributed by atoms with Crippen LogP contribution in [0.25, 0.3) is 0 Å². The van der Waals surface area contributed by atoms with Crippen molar-refractivity contribution in [1.29, 1.82) is 0 Å². The number of rotatable bonds is 0. The molecule has 0 bridgehead atoms. The molecule has 0 fully saturated rings. The fourth-order valence-corrected chi connectivity index (χ4v) is 0.351. The zero-order chi connectivity index (χ0) is 5.98. The zero-order valence-electron chi connectivity index (χ0n) is 3.94. The summed E-state index contributed by atoms with van der Waals surface area (Å²) in [5.41, 5.74) is 0. The van der Waals surface area contributed by atoms with E-state index in [-0.39, 0.29) is 0 Å². The van der Waals surface area contributed by atoms with Crippen molar-refractivity contribution in [3.05, 3.63) is 0 Å². The predicted molar refractivity (Wildman–Crippen MR) is 26.5 cm³/mol. The lowest BCUT2D eigenvalue weighted by Crippen LogP contribution is -2.17. The fourth-order valence-electron chi connectivity index (χ4n) is 0.351. The Morgan fingerprint density at radius 3 is 2.62 bits per heavy atom. The molecule has 4 nitrogen and oxygen atoms in total. The van der Waals surface area contributed by atoms with E-state index in [4.69, 9.17) is 0 Å². The smallest absolute Gasteiger partial charge is 0.267 e. The van der Waals surface area contributed by atoms with Crippen molar-refractivity contribution in [2.45, 2.75) is 6.23 Å². The number of carbonyl (C=O) groups excluding carboxylic acids is 1. The highest BCUT2D eigenvalue weighted by Gasteiger charge is 2.13. The third-order valence-corrected chi connectivity index (χ3v) is 0.701. The maximum absolute atomic E-state index is 10.2. The molecule has 1 unspecified atom stereocenters. The second-order valence-corrected chi connectivity index (χ2v) is 1.27. The number of amides is 1. The zero-order valence-corrected chi connectivity index (χ0v) is 3.94. The Morgan fingerprint density at radius 1 is 1.50 bits per heavy atom. The summed E-state index contributed by atoms with van der Waals surface area (Å²) in [5, 5.41) is 10.2. The van der Waals surface area contributed by atoms with Gasteiger partial charge in [-0.15, -0.1) is 0 Å². The molecule has 0 spiro atoms. The van der Waals surface area contributed by atoms with Gasteiger partial charge in [0, 0.05) is 12.4 Å². The van der Waals surface area contributed by atoms with Crippen molar-refractivity contribution in [1.82, 2.24) is 0 Å². The number of aliphatic imine (C=N–C) groups is 2. The maximum Gasteiger partial charge on any atom is 0.300 e. The van der Waals surface area contributed by atoms with Gasteiger partial charge in [-0.05, 0) is 0 Å². The van der Waals surface area contributed by atoms with Gasteiger partial charge in [0.15, 0.2) is 0 Å². The highest BCUT2D eigenvalue weighted by molar-refractivity contribution is 6.21. The quantitative estimate of drug-likeness (QED) is 0.412. The molecular weight excluding hydrogens is 108 g/mol. The molecule has 1 aliphatic rings. The normalized spacial score (nSPS) is 26.6. The molecule has 0 aromatic heterocycles. The van der Waals surface area contributed by atoms with Crippen LogP contribution in [0.3, 0.4) is 0 Å². The Labute approximate surface area is 45.6 Å². The van der Waals surface area contributed by atoms with Gasteiger partial charge in [0.1, 0.15) is 0 Å². The second-order valence-electron chi connectivity index (χ2n) is 1.27. The summed E-state index contributed by atoms with van der Waals surface area (Å²) in [4.78, 5) is 16.6. The van der Waals surface area contributed by atoms with Crippen molar-refractivity contribution in [3.8, 4) is 0 Å². The lowest BCUT2D eigenvalue weighted by atomic mass is 10.5. The van der Waals surface area contributed by atoms with E-state index in [0.717, 1.165) is 0 Å². The van der Waals surface area contributed by atoms with Crippen LogP contribution in [0, 0.1) is 0 Å². The van der Waals surface area contributed by atoms with Crippen molar-refractivity contribution >= 4 is 18.3 Å². The van der Waals surface area contributed by atoms with E-state index in [0.29, 0.717) is 0 Å². The van der Waals surface area contributed by atoms with E-state index in [9.17, 15) is 9.90 Å². The first-order chi connectivity index (χ1) is 3.80. The maximum atomic E-state index is 10.2. The van der Waals surface area contributed by atoms with E-state index in [1.165, 1.54) is 12.4 Å². The summed E-state index contributed by atoms with van der Waals surface area (Å²) >= 11 is 0. The predicted octanol–water partition coefficient (Wildman–Crippen LogP) is -0.575. The lowest BCUT2D eigenvalue weighted by Gasteiger charge is -1.97. The molecule has 1 rings (SSSR count). The van der Waals surface area contributed by atoms with Crippen LogP contribution in [-0.2, 0) is 9.90 Å².